The van der Waals surface area contributed by atoms with Gasteiger partial charge in [0, 0.05) is 13.0 Å². The Balaban J connectivity index is 3.67. The predicted octanol–water partition coefficient (Wildman–Crippen LogP) is 1.33. The van der Waals surface area contributed by atoms with E-state index in [0.717, 1.165) is 0 Å². The van der Waals surface area contributed by atoms with E-state index in [4.69, 9.17) is 10.2 Å². The average Bonchev–Trinajstić information content (AvgIpc) is 2.15. The molecule has 1 atom stereocenters. The van der Waals surface area contributed by atoms with Crippen molar-refractivity contribution in [1.29, 1.82) is 0 Å². The second kappa shape index (κ2) is 6.31. The third kappa shape index (κ3) is 5.57. The molecule has 0 aromatic rings. The average molecular weight is 252 g/mol. The summed E-state index contributed by atoms with van der Waals surface area (Å²) in [5.41, 5.74) is 0. The monoisotopic (exact) mass is 252 g/mol. The minimum absolute atomic E-state index is 0.298. The molecule has 0 fully saturated rings. The first kappa shape index (κ1) is 15.5. The van der Waals surface area contributed by atoms with Crippen LogP contribution in [0, 0.1) is 0 Å². The van der Waals surface area contributed by atoms with Crippen molar-refractivity contribution >= 4 is 0 Å². The van der Waals surface area contributed by atoms with Crippen molar-refractivity contribution in [2.24, 2.45) is 0 Å². The molecule has 0 saturated heterocycles. The summed E-state index contributed by atoms with van der Waals surface area (Å²) in [6, 6.07) is 0. The molecule has 0 bridgehead atoms. The van der Waals surface area contributed by atoms with E-state index in [9.17, 15) is 22.0 Å². The van der Waals surface area contributed by atoms with Gasteiger partial charge in [-0.25, -0.2) is 0 Å². The van der Waals surface area contributed by atoms with Crippen LogP contribution in [0.4, 0.5) is 22.0 Å². The van der Waals surface area contributed by atoms with Gasteiger partial charge >= 0.3 is 12.1 Å². The maximum Gasteiger partial charge on any atom is 0.453 e. The Hall–Kier alpha value is -0.470. The molecule has 16 heavy (non-hydrogen) atoms. The number of hydrogen-bond acceptors (Lipinski definition) is 3. The highest BCUT2D eigenvalue weighted by Gasteiger charge is 2.56. The van der Waals surface area contributed by atoms with Crippen molar-refractivity contribution in [3.63, 3.8) is 0 Å². The van der Waals surface area contributed by atoms with Crippen molar-refractivity contribution in [1.82, 2.24) is 0 Å². The summed E-state index contributed by atoms with van der Waals surface area (Å²) in [7, 11) is 0. The fraction of sp³-hybridized carbons (Fsp3) is 1.00. The van der Waals surface area contributed by atoms with Crippen LogP contribution in [0.5, 0.6) is 0 Å². The molecule has 98 valence electrons. The van der Waals surface area contributed by atoms with Crippen LogP contribution in [0.15, 0.2) is 0 Å². The number of hydrogen-bond donors (Lipinski definition) is 2. The molecule has 0 rings (SSSR count). The van der Waals surface area contributed by atoms with Crippen LogP contribution >= 0.6 is 0 Å². The molecule has 0 amide bonds. The van der Waals surface area contributed by atoms with Crippen molar-refractivity contribution in [3.8, 4) is 0 Å². The molecule has 0 unspecified atom stereocenters. The number of aliphatic hydroxyl groups is 2. The van der Waals surface area contributed by atoms with E-state index >= 15 is 0 Å². The molecule has 0 heterocycles. The highest BCUT2D eigenvalue weighted by atomic mass is 19.4. The van der Waals surface area contributed by atoms with Gasteiger partial charge in [0.15, 0.2) is 0 Å². The lowest BCUT2D eigenvalue weighted by Crippen LogP contribution is -2.36. The number of alkyl halides is 5. The third-order valence-corrected chi connectivity index (χ3v) is 1.72. The number of rotatable bonds is 7. The first-order chi connectivity index (χ1) is 7.20. The molecule has 2 N–H and O–H groups in total. The minimum atomic E-state index is -5.54. The quantitative estimate of drug-likeness (QED) is 0.531. The second-order valence-electron chi connectivity index (χ2n) is 3.22. The van der Waals surface area contributed by atoms with Crippen molar-refractivity contribution in [2.45, 2.75) is 31.0 Å². The van der Waals surface area contributed by atoms with Gasteiger partial charge < -0.3 is 14.9 Å². The molecular weight excluding hydrogens is 239 g/mol. The van der Waals surface area contributed by atoms with Gasteiger partial charge in [0.05, 0.1) is 13.2 Å². The largest absolute Gasteiger partial charge is 0.453 e. The highest BCUT2D eigenvalue weighted by molar-refractivity contribution is 4.75. The molecule has 0 aromatic carbocycles. The Morgan fingerprint density at radius 2 is 1.69 bits per heavy atom. The molecule has 0 saturated carbocycles. The Bertz CT molecular complexity index is 195. The number of halogens is 5. The Labute approximate surface area is 88.8 Å². The van der Waals surface area contributed by atoms with Gasteiger partial charge in [-0.15, -0.1) is 0 Å². The Morgan fingerprint density at radius 1 is 1.12 bits per heavy atom. The van der Waals surface area contributed by atoms with Crippen molar-refractivity contribution < 1.29 is 36.9 Å². The van der Waals surface area contributed by atoms with Crippen LogP contribution in [0.1, 0.15) is 12.8 Å². The van der Waals surface area contributed by atoms with Gasteiger partial charge in [-0.05, 0) is 6.42 Å². The number of ether oxygens (including phenoxy) is 1. The lowest BCUT2D eigenvalue weighted by molar-refractivity contribution is -0.285. The van der Waals surface area contributed by atoms with Crippen molar-refractivity contribution in [3.05, 3.63) is 0 Å². The third-order valence-electron chi connectivity index (χ3n) is 1.72. The summed E-state index contributed by atoms with van der Waals surface area (Å²) < 4.78 is 64.2. The van der Waals surface area contributed by atoms with Crippen LogP contribution in [0.2, 0.25) is 0 Å². The zero-order valence-corrected chi connectivity index (χ0v) is 8.31. The first-order valence-electron chi connectivity index (χ1n) is 4.52. The Kier molecular flexibility index (Phi) is 6.13. The minimum Gasteiger partial charge on any atom is -0.394 e. The van der Waals surface area contributed by atoms with E-state index in [1.54, 1.807) is 0 Å². The van der Waals surface area contributed by atoms with E-state index in [1.807, 2.05) is 0 Å². The van der Waals surface area contributed by atoms with Gasteiger partial charge in [-0.3, -0.25) is 0 Å². The molecule has 0 spiro atoms. The standard InChI is InChI=1S/C8H13F5O3/c9-7(10,8(11,12)13)2-1-3-16-5-6(15)4-14/h6,14-15H,1-5H2/t6-/m0/s1. The van der Waals surface area contributed by atoms with E-state index in [1.165, 1.54) is 0 Å². The van der Waals surface area contributed by atoms with Crippen molar-refractivity contribution in [2.75, 3.05) is 19.8 Å². The zero-order valence-electron chi connectivity index (χ0n) is 8.31. The number of aliphatic hydroxyl groups excluding tert-OH is 2. The van der Waals surface area contributed by atoms with Gasteiger partial charge in [0.1, 0.15) is 6.10 Å². The summed E-state index contributed by atoms with van der Waals surface area (Å²) in [4.78, 5) is 0. The lowest BCUT2D eigenvalue weighted by atomic mass is 10.2. The van der Waals surface area contributed by atoms with Crippen LogP contribution in [0.25, 0.3) is 0 Å². The summed E-state index contributed by atoms with van der Waals surface area (Å²) in [5.74, 6) is -4.72. The molecular formula is C8H13F5O3. The molecule has 0 radical (unpaired) electrons. The smallest absolute Gasteiger partial charge is 0.394 e. The highest BCUT2D eigenvalue weighted by Crippen LogP contribution is 2.38. The van der Waals surface area contributed by atoms with Crippen LogP contribution in [0.3, 0.4) is 0 Å². The second-order valence-corrected chi connectivity index (χ2v) is 3.22. The first-order valence-corrected chi connectivity index (χ1v) is 4.52. The van der Waals surface area contributed by atoms with E-state index < -0.39 is 37.7 Å². The fourth-order valence-corrected chi connectivity index (χ4v) is 0.810. The maximum absolute atomic E-state index is 12.3. The Morgan fingerprint density at radius 3 is 2.12 bits per heavy atom. The van der Waals surface area contributed by atoms with E-state index in [0.29, 0.717) is 0 Å². The SMILES string of the molecule is OC[C@H](O)COCCCC(F)(F)C(F)(F)F. The molecule has 3 nitrogen and oxygen atoms in total. The fourth-order valence-electron chi connectivity index (χ4n) is 0.810. The molecule has 0 aromatic heterocycles. The van der Waals surface area contributed by atoms with Crippen LogP contribution < -0.4 is 0 Å². The lowest BCUT2D eigenvalue weighted by Gasteiger charge is -2.19. The maximum atomic E-state index is 12.3. The molecule has 0 aliphatic heterocycles. The van der Waals surface area contributed by atoms with Gasteiger partial charge in [-0.2, -0.15) is 22.0 Å². The zero-order chi connectivity index (χ0) is 12.8. The summed E-state index contributed by atoms with van der Waals surface area (Å²) in [6.45, 7) is -1.18. The topological polar surface area (TPSA) is 49.7 Å². The molecule has 0 aliphatic rings. The van der Waals surface area contributed by atoms with Gasteiger partial charge in [0.2, 0.25) is 0 Å². The van der Waals surface area contributed by atoms with E-state index in [2.05, 4.69) is 4.74 Å². The molecule has 8 heteroatoms. The normalized spacial score (nSPS) is 15.2. The van der Waals surface area contributed by atoms with E-state index in [-0.39, 0.29) is 13.2 Å². The predicted molar refractivity (Wildman–Crippen MR) is 44.1 cm³/mol. The summed E-state index contributed by atoms with van der Waals surface area (Å²) >= 11 is 0. The summed E-state index contributed by atoms with van der Waals surface area (Å²) in [5, 5.41) is 17.1. The van der Waals surface area contributed by atoms with Crippen LogP contribution in [-0.2, 0) is 4.74 Å². The van der Waals surface area contributed by atoms with Gasteiger partial charge in [-0.1, -0.05) is 0 Å². The van der Waals surface area contributed by atoms with Crippen LogP contribution in [-0.4, -0.2) is 48.2 Å². The molecule has 0 aliphatic carbocycles. The van der Waals surface area contributed by atoms with Gasteiger partial charge in [0.25, 0.3) is 0 Å². The summed E-state index contributed by atoms with van der Waals surface area (Å²) in [6.07, 6.45) is -8.53.